The normalized spacial score (nSPS) is 11.4. The number of aromatic nitrogens is 3. The smallest absolute Gasteiger partial charge is 0.254 e. The van der Waals surface area contributed by atoms with E-state index in [0.717, 1.165) is 11.8 Å². The fourth-order valence-corrected chi connectivity index (χ4v) is 1.29. The van der Waals surface area contributed by atoms with Gasteiger partial charge in [0.15, 0.2) is 0 Å². The van der Waals surface area contributed by atoms with Crippen LogP contribution in [0.1, 0.15) is 25.5 Å². The summed E-state index contributed by atoms with van der Waals surface area (Å²) in [6, 6.07) is 2.86. The minimum atomic E-state index is -0.329. The second-order valence-corrected chi connectivity index (χ2v) is 3.51. The van der Waals surface area contributed by atoms with Crippen LogP contribution in [0.2, 0.25) is 0 Å². The summed E-state index contributed by atoms with van der Waals surface area (Å²) in [4.78, 5) is 13.6. The van der Waals surface area contributed by atoms with Gasteiger partial charge in [0.05, 0.1) is 11.8 Å². The fraction of sp³-hybridized carbons (Fsp3) is 0.333. The van der Waals surface area contributed by atoms with E-state index >= 15 is 0 Å². The number of aromatic amines is 1. The molecule has 2 N–H and O–H groups in total. The Morgan fingerprint density at radius 1 is 1.50 bits per heavy atom. The zero-order valence-electron chi connectivity index (χ0n) is 7.98. The molecule has 0 aliphatic carbocycles. The summed E-state index contributed by atoms with van der Waals surface area (Å²) < 4.78 is 1.32. The molecule has 0 aromatic carbocycles. The maximum Gasteiger partial charge on any atom is 0.254 e. The van der Waals surface area contributed by atoms with Gasteiger partial charge < -0.3 is 10.1 Å². The van der Waals surface area contributed by atoms with Gasteiger partial charge in [-0.05, 0) is 5.92 Å². The predicted octanol–water partition coefficient (Wildman–Crippen LogP) is 0.852. The molecule has 2 aromatic heterocycles. The van der Waals surface area contributed by atoms with Crippen LogP contribution in [0.15, 0.2) is 16.9 Å². The molecule has 0 amide bonds. The van der Waals surface area contributed by atoms with Crippen molar-refractivity contribution in [2.45, 2.75) is 19.8 Å². The van der Waals surface area contributed by atoms with Gasteiger partial charge >= 0.3 is 0 Å². The Morgan fingerprint density at radius 2 is 2.21 bits per heavy atom. The summed E-state index contributed by atoms with van der Waals surface area (Å²) in [5.41, 5.74) is 1.02. The minimum Gasteiger partial charge on any atom is -0.493 e. The average Bonchev–Trinajstić information content (AvgIpc) is 2.47. The number of hydrogen-bond acceptors (Lipinski definition) is 3. The SMILES string of the molecule is CC(C)c1cc2[nH]c(=O)cc(O)n2n1. The number of fused-ring (bicyclic) bond motifs is 1. The fourth-order valence-electron chi connectivity index (χ4n) is 1.29. The molecule has 0 radical (unpaired) electrons. The van der Waals surface area contributed by atoms with Crippen molar-refractivity contribution in [2.24, 2.45) is 0 Å². The Hall–Kier alpha value is -1.78. The molecule has 0 aliphatic heterocycles. The molecule has 0 fully saturated rings. The Morgan fingerprint density at radius 3 is 2.86 bits per heavy atom. The van der Waals surface area contributed by atoms with Crippen molar-refractivity contribution in [1.29, 1.82) is 0 Å². The quantitative estimate of drug-likeness (QED) is 0.705. The largest absolute Gasteiger partial charge is 0.493 e. The number of aromatic hydroxyl groups is 1. The summed E-state index contributed by atoms with van der Waals surface area (Å²) in [5.74, 6) is 0.119. The lowest BCUT2D eigenvalue weighted by Crippen LogP contribution is -2.06. The van der Waals surface area contributed by atoms with Crippen LogP contribution < -0.4 is 5.56 Å². The molecule has 0 aliphatic rings. The maximum atomic E-state index is 11.0. The summed E-state index contributed by atoms with van der Waals surface area (Å²) in [6.45, 7) is 3.99. The number of nitrogens with zero attached hydrogens (tertiary/aromatic N) is 2. The van der Waals surface area contributed by atoms with E-state index in [4.69, 9.17) is 0 Å². The molecule has 74 valence electrons. The van der Waals surface area contributed by atoms with Gasteiger partial charge in [-0.25, -0.2) is 0 Å². The number of nitrogens with one attached hydrogen (secondary N) is 1. The second kappa shape index (κ2) is 2.87. The van der Waals surface area contributed by atoms with Crippen LogP contribution in [0.25, 0.3) is 5.65 Å². The van der Waals surface area contributed by atoms with Crippen LogP contribution in [0.4, 0.5) is 0 Å². The number of rotatable bonds is 1. The van der Waals surface area contributed by atoms with Gasteiger partial charge in [0, 0.05) is 6.07 Å². The van der Waals surface area contributed by atoms with Crippen molar-refractivity contribution in [1.82, 2.24) is 14.6 Å². The summed E-state index contributed by atoms with van der Waals surface area (Å²) in [7, 11) is 0. The molecule has 2 heterocycles. The summed E-state index contributed by atoms with van der Waals surface area (Å²) in [6.07, 6.45) is 0. The van der Waals surface area contributed by atoms with Gasteiger partial charge in [-0.3, -0.25) is 4.79 Å². The van der Waals surface area contributed by atoms with Crippen molar-refractivity contribution in [3.05, 3.63) is 28.2 Å². The van der Waals surface area contributed by atoms with Crippen LogP contribution in [-0.2, 0) is 0 Å². The zero-order valence-corrected chi connectivity index (χ0v) is 7.98. The first kappa shape index (κ1) is 8.80. The van der Waals surface area contributed by atoms with Crippen LogP contribution >= 0.6 is 0 Å². The summed E-state index contributed by atoms with van der Waals surface area (Å²) >= 11 is 0. The molecule has 0 saturated carbocycles. The van der Waals surface area contributed by atoms with Crippen LogP contribution in [0.5, 0.6) is 5.88 Å². The lowest BCUT2D eigenvalue weighted by Gasteiger charge is -1.96. The van der Waals surface area contributed by atoms with E-state index in [-0.39, 0.29) is 17.4 Å². The van der Waals surface area contributed by atoms with E-state index in [2.05, 4.69) is 10.1 Å². The van der Waals surface area contributed by atoms with Gasteiger partial charge in [-0.15, -0.1) is 0 Å². The van der Waals surface area contributed by atoms with Gasteiger partial charge in [-0.1, -0.05) is 13.8 Å². The van der Waals surface area contributed by atoms with Crippen LogP contribution in [0, 0.1) is 0 Å². The first-order valence-electron chi connectivity index (χ1n) is 4.40. The van der Waals surface area contributed by atoms with Crippen molar-refractivity contribution in [3.8, 4) is 5.88 Å². The molecule has 5 heteroatoms. The van der Waals surface area contributed by atoms with E-state index in [0.29, 0.717) is 5.65 Å². The third kappa shape index (κ3) is 1.26. The van der Waals surface area contributed by atoms with Crippen molar-refractivity contribution >= 4 is 5.65 Å². The Balaban J connectivity index is 2.77. The van der Waals surface area contributed by atoms with E-state index in [1.807, 2.05) is 13.8 Å². The first-order chi connectivity index (χ1) is 6.58. The third-order valence-electron chi connectivity index (χ3n) is 2.05. The van der Waals surface area contributed by atoms with Crippen molar-refractivity contribution < 1.29 is 5.11 Å². The molecule has 0 bridgehead atoms. The highest BCUT2D eigenvalue weighted by atomic mass is 16.3. The zero-order chi connectivity index (χ0) is 10.3. The van der Waals surface area contributed by atoms with Gasteiger partial charge in [0.25, 0.3) is 5.56 Å². The third-order valence-corrected chi connectivity index (χ3v) is 2.05. The molecule has 0 saturated heterocycles. The highest BCUT2D eigenvalue weighted by Crippen LogP contribution is 2.15. The van der Waals surface area contributed by atoms with Crippen LogP contribution in [0.3, 0.4) is 0 Å². The molecule has 5 nitrogen and oxygen atoms in total. The van der Waals surface area contributed by atoms with Crippen molar-refractivity contribution in [2.75, 3.05) is 0 Å². The van der Waals surface area contributed by atoms with Gasteiger partial charge in [0.1, 0.15) is 5.65 Å². The molecule has 0 unspecified atom stereocenters. The maximum absolute atomic E-state index is 11.0. The summed E-state index contributed by atoms with van der Waals surface area (Å²) in [5, 5.41) is 13.6. The molecule has 0 atom stereocenters. The monoisotopic (exact) mass is 193 g/mol. The highest BCUT2D eigenvalue weighted by molar-refractivity contribution is 5.41. The van der Waals surface area contributed by atoms with Crippen LogP contribution in [-0.4, -0.2) is 19.7 Å². The molecular formula is C9H11N3O2. The Bertz CT molecular complexity index is 524. The molecule has 14 heavy (non-hydrogen) atoms. The Kier molecular flexibility index (Phi) is 1.80. The molecular weight excluding hydrogens is 182 g/mol. The lowest BCUT2D eigenvalue weighted by atomic mass is 10.1. The number of hydrogen-bond donors (Lipinski definition) is 2. The predicted molar refractivity (Wildman–Crippen MR) is 51.6 cm³/mol. The van der Waals surface area contributed by atoms with Gasteiger partial charge in [0.2, 0.25) is 5.88 Å². The number of H-pyrrole nitrogens is 1. The van der Waals surface area contributed by atoms with E-state index < -0.39 is 0 Å². The average molecular weight is 193 g/mol. The van der Waals surface area contributed by atoms with Crippen molar-refractivity contribution in [3.63, 3.8) is 0 Å². The van der Waals surface area contributed by atoms with E-state index in [9.17, 15) is 9.90 Å². The lowest BCUT2D eigenvalue weighted by molar-refractivity contribution is 0.433. The Labute approximate surface area is 80.0 Å². The molecule has 2 aromatic rings. The molecule has 0 spiro atoms. The standard InChI is InChI=1S/C9H11N3O2/c1-5(2)6-3-7-10-8(13)4-9(14)12(7)11-6/h3-5,14H,1-2H3,(H,10,13). The molecule has 2 rings (SSSR count). The second-order valence-electron chi connectivity index (χ2n) is 3.51. The first-order valence-corrected chi connectivity index (χ1v) is 4.40. The van der Waals surface area contributed by atoms with E-state index in [1.165, 1.54) is 4.52 Å². The minimum absolute atomic E-state index is 0.143. The topological polar surface area (TPSA) is 70.4 Å². The highest BCUT2D eigenvalue weighted by Gasteiger charge is 2.08. The van der Waals surface area contributed by atoms with Gasteiger partial charge in [-0.2, -0.15) is 9.61 Å². The van der Waals surface area contributed by atoms with E-state index in [1.54, 1.807) is 6.07 Å².